The third kappa shape index (κ3) is 4.25. The van der Waals surface area contributed by atoms with Crippen LogP contribution in [0.1, 0.15) is 27.6 Å². The lowest BCUT2D eigenvalue weighted by molar-refractivity contribution is 0.0763. The minimum absolute atomic E-state index is 0.0419. The first-order valence-corrected chi connectivity index (χ1v) is 9.89. The highest BCUT2D eigenvalue weighted by Gasteiger charge is 2.25. The Morgan fingerprint density at radius 1 is 1.20 bits per heavy atom. The number of carbonyl (C=O) groups is 1. The quantitative estimate of drug-likeness (QED) is 0.703. The number of methoxy groups -OCH3 is 1. The second-order valence-electron chi connectivity index (χ2n) is 5.81. The lowest BCUT2D eigenvalue weighted by atomic mass is 10.1. The summed E-state index contributed by atoms with van der Waals surface area (Å²) in [6, 6.07) is 13.1. The maximum Gasteiger partial charge on any atom is 0.257 e. The summed E-state index contributed by atoms with van der Waals surface area (Å²) in [5, 5.41) is 1.62. The van der Waals surface area contributed by atoms with E-state index in [1.807, 2.05) is 34.9 Å². The van der Waals surface area contributed by atoms with Crippen molar-refractivity contribution in [3.63, 3.8) is 0 Å². The Morgan fingerprint density at radius 3 is 2.76 bits per heavy atom. The van der Waals surface area contributed by atoms with E-state index >= 15 is 0 Å². The number of carbonyl (C=O) groups excluding carboxylic acids is 1. The fourth-order valence-electron chi connectivity index (χ4n) is 2.98. The molecular weight excluding hydrogens is 377 g/mol. The van der Waals surface area contributed by atoms with Gasteiger partial charge in [-0.25, -0.2) is 0 Å². The number of ether oxygens (including phenoxy) is 1. The summed E-state index contributed by atoms with van der Waals surface area (Å²) in [4.78, 5) is 14.8. The molecule has 1 unspecified atom stereocenters. The Bertz CT molecular complexity index is 769. The van der Waals surface area contributed by atoms with Crippen LogP contribution in [0.5, 0.6) is 5.75 Å². The van der Waals surface area contributed by atoms with Crippen LogP contribution in [0.3, 0.4) is 0 Å². The topological polar surface area (TPSA) is 29.5 Å². The fourth-order valence-corrected chi connectivity index (χ4v) is 4.75. The predicted octanol–water partition coefficient (Wildman–Crippen LogP) is 5.32. The van der Waals surface area contributed by atoms with Gasteiger partial charge in [0.2, 0.25) is 0 Å². The maximum atomic E-state index is 12.9. The van der Waals surface area contributed by atoms with E-state index in [2.05, 4.69) is 6.07 Å². The van der Waals surface area contributed by atoms with Crippen LogP contribution in [0.4, 0.5) is 0 Å². The van der Waals surface area contributed by atoms with Crippen molar-refractivity contribution in [3.05, 3.63) is 63.6 Å². The van der Waals surface area contributed by atoms with E-state index < -0.39 is 0 Å². The van der Waals surface area contributed by atoms with E-state index in [1.54, 1.807) is 25.3 Å². The number of benzene rings is 2. The average molecular weight is 396 g/mol. The van der Waals surface area contributed by atoms with E-state index in [0.717, 1.165) is 22.8 Å². The third-order valence-corrected chi connectivity index (χ3v) is 6.16. The van der Waals surface area contributed by atoms with Gasteiger partial charge in [-0.1, -0.05) is 41.4 Å². The van der Waals surface area contributed by atoms with Gasteiger partial charge in [-0.15, -0.1) is 0 Å². The average Bonchev–Trinajstić information content (AvgIpc) is 2.87. The van der Waals surface area contributed by atoms with Crippen LogP contribution in [0.2, 0.25) is 10.0 Å². The molecule has 1 aliphatic heterocycles. The second kappa shape index (κ2) is 8.35. The lowest BCUT2D eigenvalue weighted by Crippen LogP contribution is -2.33. The summed E-state index contributed by atoms with van der Waals surface area (Å²) in [6.07, 6.45) is 0.864. The molecule has 0 bridgehead atoms. The van der Waals surface area contributed by atoms with E-state index in [-0.39, 0.29) is 5.91 Å². The largest absolute Gasteiger partial charge is 0.496 e. The molecule has 0 aromatic heterocycles. The molecule has 0 radical (unpaired) electrons. The van der Waals surface area contributed by atoms with Crippen molar-refractivity contribution in [1.82, 2.24) is 4.90 Å². The highest BCUT2D eigenvalue weighted by atomic mass is 35.5. The van der Waals surface area contributed by atoms with Gasteiger partial charge in [0.25, 0.3) is 5.91 Å². The number of nitrogens with zero attached hydrogens (tertiary/aromatic N) is 1. The molecule has 1 atom stereocenters. The molecule has 1 fully saturated rings. The van der Waals surface area contributed by atoms with Crippen molar-refractivity contribution >= 4 is 40.9 Å². The summed E-state index contributed by atoms with van der Waals surface area (Å²) < 4.78 is 5.32. The van der Waals surface area contributed by atoms with Gasteiger partial charge in [0, 0.05) is 34.1 Å². The van der Waals surface area contributed by atoms with Gasteiger partial charge in [0.1, 0.15) is 5.75 Å². The standard InChI is InChI=1S/C19H19Cl2NO2S/c1-24-17-7-6-13(20)12-15(17)19(23)22-9-8-18(25-11-10-22)14-4-2-3-5-16(14)21/h2-7,12,18H,8-11H2,1H3. The Morgan fingerprint density at radius 2 is 2.00 bits per heavy atom. The first kappa shape index (κ1) is 18.4. The Labute approximate surface area is 162 Å². The molecular formula is C19H19Cl2NO2S. The van der Waals surface area contributed by atoms with Gasteiger partial charge in [0.15, 0.2) is 0 Å². The van der Waals surface area contributed by atoms with E-state index in [9.17, 15) is 4.79 Å². The van der Waals surface area contributed by atoms with Gasteiger partial charge in [-0.3, -0.25) is 4.79 Å². The van der Waals surface area contributed by atoms with Crippen molar-refractivity contribution in [1.29, 1.82) is 0 Å². The molecule has 25 heavy (non-hydrogen) atoms. The van der Waals surface area contributed by atoms with Crippen LogP contribution in [0.25, 0.3) is 0 Å². The number of hydrogen-bond donors (Lipinski definition) is 0. The Kier molecular flexibility index (Phi) is 6.15. The summed E-state index contributed by atoms with van der Waals surface area (Å²) in [7, 11) is 1.56. The predicted molar refractivity (Wildman–Crippen MR) is 105 cm³/mol. The molecule has 1 aliphatic rings. The summed E-state index contributed by atoms with van der Waals surface area (Å²) in [5.41, 5.74) is 1.65. The van der Waals surface area contributed by atoms with Crippen LogP contribution >= 0.6 is 35.0 Å². The molecule has 1 amide bonds. The molecule has 2 aromatic rings. The summed E-state index contributed by atoms with van der Waals surface area (Å²) >= 11 is 14.2. The molecule has 0 N–H and O–H groups in total. The van der Waals surface area contributed by atoms with Crippen molar-refractivity contribution < 1.29 is 9.53 Å². The first-order chi connectivity index (χ1) is 12.1. The fraction of sp³-hybridized carbons (Fsp3) is 0.316. The second-order valence-corrected chi connectivity index (χ2v) is 7.96. The molecule has 6 heteroatoms. The van der Waals surface area contributed by atoms with Crippen molar-refractivity contribution in [2.24, 2.45) is 0 Å². The molecule has 3 rings (SSSR count). The number of thioether (sulfide) groups is 1. The first-order valence-electron chi connectivity index (χ1n) is 8.09. The van der Waals surface area contributed by atoms with Gasteiger partial charge < -0.3 is 9.64 Å². The van der Waals surface area contributed by atoms with Crippen molar-refractivity contribution in [2.75, 3.05) is 26.0 Å². The number of amides is 1. The van der Waals surface area contributed by atoms with Crippen molar-refractivity contribution in [2.45, 2.75) is 11.7 Å². The van der Waals surface area contributed by atoms with E-state index in [4.69, 9.17) is 27.9 Å². The zero-order chi connectivity index (χ0) is 17.8. The van der Waals surface area contributed by atoms with Crippen LogP contribution in [-0.2, 0) is 0 Å². The number of hydrogen-bond acceptors (Lipinski definition) is 3. The van der Waals surface area contributed by atoms with Crippen LogP contribution in [-0.4, -0.2) is 36.8 Å². The van der Waals surface area contributed by atoms with E-state index in [0.29, 0.717) is 34.7 Å². The molecule has 0 saturated carbocycles. The van der Waals surface area contributed by atoms with Crippen LogP contribution < -0.4 is 4.74 Å². The molecule has 0 spiro atoms. The SMILES string of the molecule is COc1ccc(Cl)cc1C(=O)N1CCSC(c2ccccc2Cl)CC1. The smallest absolute Gasteiger partial charge is 0.257 e. The van der Waals surface area contributed by atoms with Gasteiger partial charge in [0.05, 0.1) is 12.7 Å². The molecule has 2 aromatic carbocycles. The van der Waals surface area contributed by atoms with Gasteiger partial charge in [-0.2, -0.15) is 11.8 Å². The molecule has 132 valence electrons. The van der Waals surface area contributed by atoms with Crippen molar-refractivity contribution in [3.8, 4) is 5.75 Å². The number of rotatable bonds is 3. The summed E-state index contributed by atoms with van der Waals surface area (Å²) in [6.45, 7) is 1.37. The number of halogens is 2. The maximum absolute atomic E-state index is 12.9. The van der Waals surface area contributed by atoms with Crippen LogP contribution in [0.15, 0.2) is 42.5 Å². The Hall–Kier alpha value is -1.36. The molecule has 0 aliphatic carbocycles. The van der Waals surface area contributed by atoms with Gasteiger partial charge >= 0.3 is 0 Å². The highest BCUT2D eigenvalue weighted by molar-refractivity contribution is 7.99. The van der Waals surface area contributed by atoms with Crippen LogP contribution in [0, 0.1) is 0 Å². The van der Waals surface area contributed by atoms with Gasteiger partial charge in [-0.05, 0) is 36.2 Å². The monoisotopic (exact) mass is 395 g/mol. The summed E-state index contributed by atoms with van der Waals surface area (Å²) in [5.74, 6) is 1.37. The normalized spacial score (nSPS) is 17.9. The molecule has 3 nitrogen and oxygen atoms in total. The Balaban J connectivity index is 1.76. The third-order valence-electron chi connectivity index (χ3n) is 4.27. The minimum Gasteiger partial charge on any atom is -0.496 e. The lowest BCUT2D eigenvalue weighted by Gasteiger charge is -2.21. The molecule has 1 heterocycles. The zero-order valence-corrected chi connectivity index (χ0v) is 16.2. The minimum atomic E-state index is -0.0419. The highest BCUT2D eigenvalue weighted by Crippen LogP contribution is 2.38. The zero-order valence-electron chi connectivity index (χ0n) is 13.9. The van der Waals surface area contributed by atoms with E-state index in [1.165, 1.54) is 0 Å². The molecule has 1 saturated heterocycles.